The van der Waals surface area contributed by atoms with Gasteiger partial charge in [0.1, 0.15) is 15.7 Å². The number of fused-ring (bicyclic) bond motifs is 1. The molecule has 0 spiro atoms. The molecule has 3 aromatic rings. The highest BCUT2D eigenvalue weighted by Crippen LogP contribution is 2.33. The van der Waals surface area contributed by atoms with Crippen molar-refractivity contribution in [1.29, 1.82) is 0 Å². The van der Waals surface area contributed by atoms with E-state index in [0.717, 1.165) is 11.3 Å². The molecule has 2 N–H and O–H groups in total. The molecular formula is C22H21N3O6S2. The number of para-hydroxylation sites is 2. The van der Waals surface area contributed by atoms with Gasteiger partial charge in [0.15, 0.2) is 12.7 Å². The van der Waals surface area contributed by atoms with E-state index in [1.165, 1.54) is 16.3 Å². The number of nitrogens with zero attached hydrogens (tertiary/aromatic N) is 2. The molecule has 2 aromatic carbocycles. The van der Waals surface area contributed by atoms with Crippen molar-refractivity contribution >= 4 is 44.5 Å². The fourth-order valence-electron chi connectivity index (χ4n) is 3.28. The van der Waals surface area contributed by atoms with Crippen LogP contribution in [0.1, 0.15) is 0 Å². The van der Waals surface area contributed by atoms with Crippen LogP contribution >= 0.6 is 11.3 Å². The molecule has 0 saturated heterocycles. The van der Waals surface area contributed by atoms with Gasteiger partial charge in [-0.1, -0.05) is 18.2 Å². The van der Waals surface area contributed by atoms with Crippen LogP contribution in [-0.4, -0.2) is 46.5 Å². The Morgan fingerprint density at radius 2 is 1.88 bits per heavy atom. The zero-order valence-electron chi connectivity index (χ0n) is 17.6. The van der Waals surface area contributed by atoms with Crippen LogP contribution < -0.4 is 24.4 Å². The summed E-state index contributed by atoms with van der Waals surface area (Å²) in [6, 6.07) is 16.4. The molecule has 1 atom stereocenters. The number of primary amides is 1. The second-order valence-electron chi connectivity index (χ2n) is 7.17. The van der Waals surface area contributed by atoms with E-state index in [-0.39, 0.29) is 23.3 Å². The van der Waals surface area contributed by atoms with Gasteiger partial charge in [-0.15, -0.1) is 11.3 Å². The van der Waals surface area contributed by atoms with Gasteiger partial charge in [-0.25, -0.2) is 8.42 Å². The predicted octanol–water partition coefficient (Wildman–Crippen LogP) is 2.23. The van der Waals surface area contributed by atoms with Gasteiger partial charge < -0.3 is 20.1 Å². The van der Waals surface area contributed by atoms with Crippen molar-refractivity contribution in [3.8, 4) is 11.5 Å². The van der Waals surface area contributed by atoms with Crippen LogP contribution in [0.15, 0.2) is 70.3 Å². The molecule has 2 amide bonds. The number of nitrogens with two attached hydrogens (primary N) is 1. The average Bonchev–Trinajstić information content (AvgIpc) is 3.37. The van der Waals surface area contributed by atoms with Gasteiger partial charge in [0.05, 0.1) is 17.9 Å². The largest absolute Gasteiger partial charge is 0.484 e. The van der Waals surface area contributed by atoms with Crippen LogP contribution in [0.3, 0.4) is 0 Å². The zero-order chi connectivity index (χ0) is 23.6. The molecule has 1 aromatic heterocycles. The minimum absolute atomic E-state index is 0.0150. The first kappa shape index (κ1) is 22.6. The third kappa shape index (κ3) is 4.64. The first-order valence-electron chi connectivity index (χ1n) is 9.88. The number of amides is 2. The number of hydrogen-bond acceptors (Lipinski definition) is 7. The van der Waals surface area contributed by atoms with Crippen LogP contribution in [0.25, 0.3) is 0 Å². The number of thiophene rings is 1. The Morgan fingerprint density at radius 3 is 2.55 bits per heavy atom. The highest BCUT2D eigenvalue weighted by atomic mass is 32.2. The quantitative estimate of drug-likeness (QED) is 0.546. The van der Waals surface area contributed by atoms with Gasteiger partial charge in [-0.3, -0.25) is 13.9 Å². The van der Waals surface area contributed by atoms with Crippen LogP contribution in [0.4, 0.5) is 11.4 Å². The number of ether oxygens (including phenoxy) is 2. The summed E-state index contributed by atoms with van der Waals surface area (Å²) in [5.41, 5.74) is 6.35. The Labute approximate surface area is 195 Å². The molecule has 0 fully saturated rings. The minimum Gasteiger partial charge on any atom is -0.484 e. The number of carbonyl (C=O) groups excluding carboxylic acids is 2. The highest BCUT2D eigenvalue weighted by molar-refractivity contribution is 7.94. The summed E-state index contributed by atoms with van der Waals surface area (Å²) in [6.07, 6.45) is -0.955. The predicted molar refractivity (Wildman–Crippen MR) is 124 cm³/mol. The van der Waals surface area contributed by atoms with E-state index in [4.69, 9.17) is 15.2 Å². The normalized spacial score (nSPS) is 15.3. The molecule has 172 valence electrons. The van der Waals surface area contributed by atoms with Gasteiger partial charge >= 0.3 is 0 Å². The molecule has 1 aliphatic heterocycles. The maximum absolute atomic E-state index is 12.8. The van der Waals surface area contributed by atoms with Crippen molar-refractivity contribution in [2.24, 2.45) is 5.73 Å². The zero-order valence-corrected chi connectivity index (χ0v) is 19.2. The molecule has 2 heterocycles. The second kappa shape index (κ2) is 9.12. The maximum Gasteiger partial charge on any atom is 0.273 e. The summed E-state index contributed by atoms with van der Waals surface area (Å²) >= 11 is 1.14. The lowest BCUT2D eigenvalue weighted by atomic mass is 10.2. The number of benzene rings is 2. The van der Waals surface area contributed by atoms with E-state index in [1.54, 1.807) is 66.0 Å². The molecule has 9 nitrogen and oxygen atoms in total. The summed E-state index contributed by atoms with van der Waals surface area (Å²) in [4.78, 5) is 25.9. The molecule has 1 aliphatic rings. The summed E-state index contributed by atoms with van der Waals surface area (Å²) in [5, 5.41) is 1.70. The Balaban J connectivity index is 1.43. The molecule has 1 unspecified atom stereocenters. The lowest BCUT2D eigenvalue weighted by Gasteiger charge is -2.33. The van der Waals surface area contributed by atoms with E-state index >= 15 is 0 Å². The van der Waals surface area contributed by atoms with Gasteiger partial charge in [0.25, 0.3) is 21.8 Å². The van der Waals surface area contributed by atoms with Gasteiger partial charge in [-0.05, 0) is 47.8 Å². The average molecular weight is 488 g/mol. The van der Waals surface area contributed by atoms with E-state index in [9.17, 15) is 18.0 Å². The molecule has 33 heavy (non-hydrogen) atoms. The lowest BCUT2D eigenvalue weighted by molar-refractivity contribution is -0.125. The van der Waals surface area contributed by atoms with Crippen molar-refractivity contribution in [3.05, 3.63) is 66.0 Å². The van der Waals surface area contributed by atoms with Crippen molar-refractivity contribution in [2.75, 3.05) is 29.4 Å². The smallest absolute Gasteiger partial charge is 0.273 e. The van der Waals surface area contributed by atoms with Gasteiger partial charge in [-0.2, -0.15) is 0 Å². The van der Waals surface area contributed by atoms with E-state index in [1.807, 2.05) is 0 Å². The van der Waals surface area contributed by atoms with E-state index < -0.39 is 22.0 Å². The number of anilines is 2. The van der Waals surface area contributed by atoms with Crippen molar-refractivity contribution < 1.29 is 27.5 Å². The third-order valence-corrected chi connectivity index (χ3v) is 8.22. The molecular weight excluding hydrogens is 466 g/mol. The van der Waals surface area contributed by atoms with Crippen LogP contribution in [0, 0.1) is 0 Å². The lowest BCUT2D eigenvalue weighted by Crippen LogP contribution is -2.50. The van der Waals surface area contributed by atoms with Gasteiger partial charge in [0, 0.05) is 7.05 Å². The van der Waals surface area contributed by atoms with Crippen LogP contribution in [-0.2, 0) is 19.6 Å². The minimum atomic E-state index is -3.64. The monoisotopic (exact) mass is 487 g/mol. The molecule has 11 heteroatoms. The SMILES string of the molecule is CN(c1ccc(OCC(=O)N2CC(C(N)=O)Oc3ccccc32)cc1)S(=O)(=O)c1cccs1. The number of rotatable bonds is 7. The highest BCUT2D eigenvalue weighted by Gasteiger charge is 2.32. The fourth-order valence-corrected chi connectivity index (χ4v) is 5.63. The summed E-state index contributed by atoms with van der Waals surface area (Å²) in [7, 11) is -2.17. The molecule has 0 aliphatic carbocycles. The molecule has 0 bridgehead atoms. The third-order valence-electron chi connectivity index (χ3n) is 5.06. The standard InChI is InChI=1S/C22H21N3O6S2/c1-24(33(28,29)21-7-4-12-32-21)15-8-10-16(11-9-15)30-14-20(26)25-13-19(22(23)27)31-18-6-3-2-5-17(18)25/h2-12,19H,13-14H2,1H3,(H2,23,27). The van der Waals surface area contributed by atoms with E-state index in [2.05, 4.69) is 0 Å². The Kier molecular flexibility index (Phi) is 6.25. The topological polar surface area (TPSA) is 119 Å². The molecule has 0 radical (unpaired) electrons. The fraction of sp³-hybridized carbons (Fsp3) is 0.182. The molecule has 0 saturated carbocycles. The van der Waals surface area contributed by atoms with Crippen molar-refractivity contribution in [1.82, 2.24) is 0 Å². The second-order valence-corrected chi connectivity index (χ2v) is 10.3. The van der Waals surface area contributed by atoms with Crippen molar-refractivity contribution in [3.63, 3.8) is 0 Å². The van der Waals surface area contributed by atoms with Crippen molar-refractivity contribution in [2.45, 2.75) is 10.3 Å². The first-order valence-corrected chi connectivity index (χ1v) is 12.2. The maximum atomic E-state index is 12.8. The van der Waals surface area contributed by atoms with Crippen LogP contribution in [0.5, 0.6) is 11.5 Å². The molecule has 4 rings (SSSR count). The van der Waals surface area contributed by atoms with Gasteiger partial charge in [0.2, 0.25) is 0 Å². The summed E-state index contributed by atoms with van der Waals surface area (Å²) in [6.45, 7) is -0.304. The Bertz CT molecular complexity index is 1260. The number of sulfonamides is 1. The van der Waals surface area contributed by atoms with Crippen LogP contribution in [0.2, 0.25) is 0 Å². The summed E-state index contributed by atoms with van der Waals surface area (Å²) in [5.74, 6) is -0.263. The number of carbonyl (C=O) groups is 2. The Hall–Kier alpha value is -3.57. The first-order chi connectivity index (χ1) is 15.8. The Morgan fingerprint density at radius 1 is 1.15 bits per heavy atom. The summed E-state index contributed by atoms with van der Waals surface area (Å²) < 4.78 is 37.9. The number of hydrogen-bond donors (Lipinski definition) is 1. The van der Waals surface area contributed by atoms with E-state index in [0.29, 0.717) is 22.9 Å².